The van der Waals surface area contributed by atoms with Crippen molar-refractivity contribution in [1.29, 1.82) is 0 Å². The van der Waals surface area contributed by atoms with Crippen LogP contribution in [0.3, 0.4) is 0 Å². The number of nitrogens with zero attached hydrogens (tertiary/aromatic N) is 3. The van der Waals surface area contributed by atoms with E-state index < -0.39 is 23.5 Å². The first-order chi connectivity index (χ1) is 17.4. The van der Waals surface area contributed by atoms with Crippen molar-refractivity contribution in [3.63, 3.8) is 0 Å². The van der Waals surface area contributed by atoms with Crippen molar-refractivity contribution >= 4 is 0 Å². The average molecular weight is 524 g/mol. The molecule has 0 unspecified atom stereocenters. The minimum absolute atomic E-state index is 0.446. The van der Waals surface area contributed by atoms with Crippen molar-refractivity contribution in [1.82, 2.24) is 14.8 Å². The third-order valence-corrected chi connectivity index (χ3v) is 6.65. The molecule has 2 aromatic carbocycles. The maximum Gasteiger partial charge on any atom is 0.430 e. The second kappa shape index (κ2) is 10.4. The molecular weight excluding hydrogens is 496 g/mol. The summed E-state index contributed by atoms with van der Waals surface area (Å²) in [5.74, 6) is 0. The van der Waals surface area contributed by atoms with Crippen LogP contribution in [0, 0.1) is 6.92 Å². The normalized spacial score (nSPS) is 16.2. The number of rotatable bonds is 6. The Morgan fingerprint density at radius 2 is 1.16 bits per heavy atom. The number of aryl methyl sites for hydroxylation is 1. The molecule has 0 radical (unpaired) electrons. The van der Waals surface area contributed by atoms with E-state index in [4.69, 9.17) is 0 Å². The number of piperazine rings is 1. The Balaban J connectivity index is 1.36. The maximum atomic E-state index is 13.1. The zero-order chi connectivity index (χ0) is 26.8. The summed E-state index contributed by atoms with van der Waals surface area (Å²) in [6.45, 7) is 7.30. The van der Waals surface area contributed by atoms with Gasteiger partial charge in [-0.15, -0.1) is 0 Å². The summed E-state index contributed by atoms with van der Waals surface area (Å²) in [5, 5.41) is 9.55. The lowest BCUT2D eigenvalue weighted by Gasteiger charge is -2.34. The van der Waals surface area contributed by atoms with Gasteiger partial charge in [0, 0.05) is 56.7 Å². The van der Waals surface area contributed by atoms with E-state index in [1.807, 2.05) is 31.3 Å². The van der Waals surface area contributed by atoms with Crippen LogP contribution in [0.4, 0.5) is 26.3 Å². The second-order valence-electron chi connectivity index (χ2n) is 9.34. The van der Waals surface area contributed by atoms with E-state index in [1.54, 1.807) is 12.1 Å². The van der Waals surface area contributed by atoms with Crippen molar-refractivity contribution < 1.29 is 31.4 Å². The molecule has 4 rings (SSSR count). The maximum absolute atomic E-state index is 13.1. The molecule has 37 heavy (non-hydrogen) atoms. The third-order valence-electron chi connectivity index (χ3n) is 6.65. The van der Waals surface area contributed by atoms with E-state index in [1.165, 1.54) is 5.56 Å². The fourth-order valence-corrected chi connectivity index (χ4v) is 4.52. The molecule has 0 amide bonds. The van der Waals surface area contributed by atoms with Gasteiger partial charge in [-0.25, -0.2) is 0 Å². The van der Waals surface area contributed by atoms with Crippen LogP contribution in [-0.4, -0.2) is 58.4 Å². The van der Waals surface area contributed by atoms with Crippen LogP contribution >= 0.6 is 0 Å². The average Bonchev–Trinajstić information content (AvgIpc) is 2.84. The van der Waals surface area contributed by atoms with Gasteiger partial charge in [0.2, 0.25) is 0 Å². The van der Waals surface area contributed by atoms with Crippen molar-refractivity contribution in [3.8, 4) is 11.1 Å². The van der Waals surface area contributed by atoms with Gasteiger partial charge in [0.25, 0.3) is 5.60 Å². The molecule has 0 spiro atoms. The quantitative estimate of drug-likeness (QED) is 0.422. The highest BCUT2D eigenvalue weighted by atomic mass is 19.4. The smallest absolute Gasteiger partial charge is 0.369 e. The lowest BCUT2D eigenvalue weighted by molar-refractivity contribution is -0.376. The van der Waals surface area contributed by atoms with Crippen LogP contribution in [-0.2, 0) is 18.7 Å². The van der Waals surface area contributed by atoms with E-state index in [0.717, 1.165) is 62.7 Å². The molecule has 1 aromatic heterocycles. The van der Waals surface area contributed by atoms with Crippen LogP contribution < -0.4 is 0 Å². The van der Waals surface area contributed by atoms with E-state index in [9.17, 15) is 31.4 Å². The molecule has 1 saturated heterocycles. The molecule has 1 fully saturated rings. The number of pyridine rings is 1. The van der Waals surface area contributed by atoms with Crippen molar-refractivity contribution in [2.24, 2.45) is 0 Å². The lowest BCUT2D eigenvalue weighted by Crippen LogP contribution is -2.53. The summed E-state index contributed by atoms with van der Waals surface area (Å²) in [6, 6.07) is 15.1. The van der Waals surface area contributed by atoms with Crippen LogP contribution in [0.15, 0.2) is 66.9 Å². The van der Waals surface area contributed by atoms with E-state index in [-0.39, 0.29) is 0 Å². The predicted octanol–water partition coefficient (Wildman–Crippen LogP) is 5.69. The lowest BCUT2D eigenvalue weighted by atomic mass is 9.90. The summed E-state index contributed by atoms with van der Waals surface area (Å²) < 4.78 is 78.6. The topological polar surface area (TPSA) is 39.6 Å². The van der Waals surface area contributed by atoms with Gasteiger partial charge in [0.1, 0.15) is 0 Å². The SMILES string of the molecule is Cc1cc(CN2CCN(Cc3ccc(-c4ccc(C(O)(C(F)(F)F)C(F)(F)F)cc4)cc3)CC2)ccn1. The fraction of sp³-hybridized carbons (Fsp3) is 0.370. The van der Waals surface area contributed by atoms with Gasteiger partial charge in [0.15, 0.2) is 0 Å². The zero-order valence-corrected chi connectivity index (χ0v) is 20.2. The largest absolute Gasteiger partial charge is 0.430 e. The Labute approximate surface area is 211 Å². The van der Waals surface area contributed by atoms with Crippen LogP contribution in [0.2, 0.25) is 0 Å². The van der Waals surface area contributed by atoms with E-state index in [0.29, 0.717) is 23.3 Å². The van der Waals surface area contributed by atoms with Gasteiger partial charge >= 0.3 is 12.4 Å². The van der Waals surface area contributed by atoms with Gasteiger partial charge < -0.3 is 5.11 Å². The van der Waals surface area contributed by atoms with Gasteiger partial charge in [-0.1, -0.05) is 48.5 Å². The molecule has 4 nitrogen and oxygen atoms in total. The molecule has 2 heterocycles. The molecular formula is C27H27F6N3O. The molecule has 0 saturated carbocycles. The first kappa shape index (κ1) is 27.1. The Kier molecular flexibility index (Phi) is 7.64. The Hall–Kier alpha value is -2.95. The number of hydrogen-bond donors (Lipinski definition) is 1. The highest BCUT2D eigenvalue weighted by Gasteiger charge is 2.71. The van der Waals surface area contributed by atoms with Crippen LogP contribution in [0.25, 0.3) is 11.1 Å². The second-order valence-corrected chi connectivity index (χ2v) is 9.34. The molecule has 1 aliphatic rings. The highest BCUT2D eigenvalue weighted by molar-refractivity contribution is 5.64. The predicted molar refractivity (Wildman–Crippen MR) is 127 cm³/mol. The number of aromatic nitrogens is 1. The summed E-state index contributed by atoms with van der Waals surface area (Å²) in [6.07, 6.45) is -9.99. The summed E-state index contributed by atoms with van der Waals surface area (Å²) in [4.78, 5) is 8.97. The summed E-state index contributed by atoms with van der Waals surface area (Å²) in [7, 11) is 0. The standard InChI is InChI=1S/C27H27F6N3O/c1-19-16-21(10-11-34-19)18-36-14-12-35(13-15-36)17-20-2-4-22(5-3-20)23-6-8-24(9-7-23)25(37,26(28,29)30)27(31,32)33/h2-11,16,37H,12-15,17-18H2,1H3. The Morgan fingerprint density at radius 1 is 0.703 bits per heavy atom. The van der Waals surface area contributed by atoms with Crippen molar-refractivity contribution in [2.45, 2.75) is 38.0 Å². The summed E-state index contributed by atoms with van der Waals surface area (Å²) >= 11 is 0. The number of aliphatic hydroxyl groups is 1. The number of benzene rings is 2. The minimum atomic E-state index is -5.90. The molecule has 10 heteroatoms. The molecule has 0 atom stereocenters. The Bertz CT molecular complexity index is 1170. The highest BCUT2D eigenvalue weighted by Crippen LogP contribution is 2.50. The molecule has 1 N–H and O–H groups in total. The van der Waals surface area contributed by atoms with Gasteiger partial charge in [-0.2, -0.15) is 26.3 Å². The Morgan fingerprint density at radius 3 is 1.62 bits per heavy atom. The van der Waals surface area contributed by atoms with Gasteiger partial charge in [0.05, 0.1) is 0 Å². The number of hydrogen-bond acceptors (Lipinski definition) is 4. The molecule has 0 bridgehead atoms. The zero-order valence-electron chi connectivity index (χ0n) is 20.2. The van der Waals surface area contributed by atoms with Crippen LogP contribution in [0.5, 0.6) is 0 Å². The number of halogens is 6. The number of alkyl halides is 6. The van der Waals surface area contributed by atoms with Crippen molar-refractivity contribution in [3.05, 3.63) is 89.2 Å². The van der Waals surface area contributed by atoms with Crippen molar-refractivity contribution in [2.75, 3.05) is 26.2 Å². The van der Waals surface area contributed by atoms with E-state index in [2.05, 4.69) is 20.9 Å². The van der Waals surface area contributed by atoms with Gasteiger partial charge in [-0.3, -0.25) is 14.8 Å². The third kappa shape index (κ3) is 5.97. The van der Waals surface area contributed by atoms with Gasteiger partial charge in [-0.05, 0) is 41.3 Å². The molecule has 0 aliphatic carbocycles. The molecule has 198 valence electrons. The minimum Gasteiger partial charge on any atom is -0.369 e. The molecule has 3 aromatic rings. The van der Waals surface area contributed by atoms with Crippen LogP contribution in [0.1, 0.15) is 22.4 Å². The fourth-order valence-electron chi connectivity index (χ4n) is 4.52. The monoisotopic (exact) mass is 523 g/mol. The van der Waals surface area contributed by atoms with E-state index >= 15 is 0 Å². The first-order valence-corrected chi connectivity index (χ1v) is 11.8. The molecule has 1 aliphatic heterocycles. The first-order valence-electron chi connectivity index (χ1n) is 11.8. The summed E-state index contributed by atoms with van der Waals surface area (Å²) in [5.41, 5.74) is -1.81.